The van der Waals surface area contributed by atoms with Crippen LogP contribution in [0.2, 0.25) is 0 Å². The van der Waals surface area contributed by atoms with Crippen LogP contribution in [0.15, 0.2) is 0 Å². The van der Waals surface area contributed by atoms with Crippen molar-refractivity contribution >= 4 is 0 Å². The van der Waals surface area contributed by atoms with E-state index in [1.165, 1.54) is 0 Å². The van der Waals surface area contributed by atoms with E-state index in [2.05, 4.69) is 0 Å². The fourth-order valence-electron chi connectivity index (χ4n) is 2.44. The molecular formula is C11H16F6. The summed E-state index contributed by atoms with van der Waals surface area (Å²) in [6, 6.07) is 0. The van der Waals surface area contributed by atoms with Gasteiger partial charge in [0.1, 0.15) is 0 Å². The zero-order chi connectivity index (χ0) is 13.1. The molecule has 1 saturated carbocycles. The first-order valence-corrected chi connectivity index (χ1v) is 5.79. The predicted octanol–water partition coefficient (Wildman–Crippen LogP) is 5.09. The fourth-order valence-corrected chi connectivity index (χ4v) is 2.44. The predicted molar refractivity (Wildman–Crippen MR) is 51.4 cm³/mol. The summed E-state index contributed by atoms with van der Waals surface area (Å²) in [5, 5.41) is 0. The van der Waals surface area contributed by atoms with Crippen molar-refractivity contribution in [3.05, 3.63) is 0 Å². The summed E-state index contributed by atoms with van der Waals surface area (Å²) in [6.07, 6.45) is -8.01. The summed E-state index contributed by atoms with van der Waals surface area (Å²) in [6.45, 7) is 0. The highest BCUT2D eigenvalue weighted by molar-refractivity contribution is 4.77. The van der Waals surface area contributed by atoms with E-state index < -0.39 is 25.2 Å². The van der Waals surface area contributed by atoms with Gasteiger partial charge in [0.05, 0.1) is 0 Å². The van der Waals surface area contributed by atoms with Gasteiger partial charge in [-0.25, -0.2) is 0 Å². The molecule has 0 spiro atoms. The monoisotopic (exact) mass is 262 g/mol. The number of rotatable bonds is 4. The van der Waals surface area contributed by atoms with Gasteiger partial charge in [0.2, 0.25) is 0 Å². The first kappa shape index (κ1) is 14.6. The van der Waals surface area contributed by atoms with Gasteiger partial charge < -0.3 is 0 Å². The van der Waals surface area contributed by atoms with Crippen LogP contribution >= 0.6 is 0 Å². The Labute approximate surface area is 96.4 Å². The van der Waals surface area contributed by atoms with E-state index in [0.717, 1.165) is 0 Å². The Morgan fingerprint density at radius 1 is 0.706 bits per heavy atom. The zero-order valence-corrected chi connectivity index (χ0v) is 9.37. The van der Waals surface area contributed by atoms with Crippen LogP contribution in [0.4, 0.5) is 26.3 Å². The molecule has 0 aliphatic heterocycles. The van der Waals surface area contributed by atoms with Crippen LogP contribution in [0.25, 0.3) is 0 Å². The van der Waals surface area contributed by atoms with E-state index in [1.54, 1.807) is 0 Å². The van der Waals surface area contributed by atoms with Crippen LogP contribution in [0.1, 0.15) is 44.9 Å². The molecule has 0 aromatic carbocycles. The van der Waals surface area contributed by atoms with E-state index in [1.807, 2.05) is 0 Å². The maximum atomic E-state index is 12.0. The molecule has 102 valence electrons. The van der Waals surface area contributed by atoms with Crippen LogP contribution < -0.4 is 0 Å². The van der Waals surface area contributed by atoms with Crippen molar-refractivity contribution < 1.29 is 26.3 Å². The van der Waals surface area contributed by atoms with Gasteiger partial charge in [0.25, 0.3) is 0 Å². The molecule has 1 rings (SSSR count). The lowest BCUT2D eigenvalue weighted by Gasteiger charge is -2.13. The second kappa shape index (κ2) is 5.48. The average molecular weight is 262 g/mol. The highest BCUT2D eigenvalue weighted by Gasteiger charge is 2.33. The maximum absolute atomic E-state index is 12.0. The van der Waals surface area contributed by atoms with Gasteiger partial charge >= 0.3 is 12.4 Å². The van der Waals surface area contributed by atoms with Crippen LogP contribution in [0.3, 0.4) is 0 Å². The molecule has 2 atom stereocenters. The Morgan fingerprint density at radius 2 is 1.06 bits per heavy atom. The molecule has 0 nitrogen and oxygen atoms in total. The van der Waals surface area contributed by atoms with Gasteiger partial charge in [-0.05, 0) is 31.1 Å². The normalized spacial score (nSPS) is 26.5. The van der Waals surface area contributed by atoms with Crippen molar-refractivity contribution in [2.45, 2.75) is 57.3 Å². The topological polar surface area (TPSA) is 0 Å². The van der Waals surface area contributed by atoms with Crippen molar-refractivity contribution in [1.29, 1.82) is 0 Å². The van der Waals surface area contributed by atoms with Gasteiger partial charge in [-0.3, -0.25) is 0 Å². The largest absolute Gasteiger partial charge is 0.389 e. The Kier molecular flexibility index (Phi) is 4.72. The number of hydrogen-bond donors (Lipinski definition) is 0. The molecule has 0 N–H and O–H groups in total. The summed E-state index contributed by atoms with van der Waals surface area (Å²) in [7, 11) is 0. The first-order valence-electron chi connectivity index (χ1n) is 5.79. The Balaban J connectivity index is 2.19. The lowest BCUT2D eigenvalue weighted by Crippen LogP contribution is -2.11. The van der Waals surface area contributed by atoms with E-state index in [4.69, 9.17) is 0 Å². The smallest absolute Gasteiger partial charge is 0.171 e. The highest BCUT2D eigenvalue weighted by atomic mass is 19.4. The summed E-state index contributed by atoms with van der Waals surface area (Å²) in [5.41, 5.74) is 0. The van der Waals surface area contributed by atoms with Gasteiger partial charge in [-0.1, -0.05) is 12.8 Å². The number of alkyl halides is 6. The van der Waals surface area contributed by atoms with Crippen molar-refractivity contribution in [2.75, 3.05) is 0 Å². The van der Waals surface area contributed by atoms with Gasteiger partial charge in [-0.15, -0.1) is 0 Å². The lowest BCUT2D eigenvalue weighted by atomic mass is 9.97. The van der Waals surface area contributed by atoms with E-state index in [0.29, 0.717) is 19.3 Å². The fraction of sp³-hybridized carbons (Fsp3) is 1.00. The molecule has 1 fully saturated rings. The van der Waals surface area contributed by atoms with Gasteiger partial charge in [0, 0.05) is 12.8 Å². The minimum absolute atomic E-state index is 0.0464. The highest BCUT2D eigenvalue weighted by Crippen LogP contribution is 2.39. The third kappa shape index (κ3) is 6.78. The molecule has 0 aromatic rings. The third-order valence-electron chi connectivity index (χ3n) is 3.32. The zero-order valence-electron chi connectivity index (χ0n) is 9.37. The molecule has 17 heavy (non-hydrogen) atoms. The minimum Gasteiger partial charge on any atom is -0.171 e. The van der Waals surface area contributed by atoms with E-state index in [9.17, 15) is 26.3 Å². The standard InChI is InChI=1S/C11H16F6/c12-10(13,14)5-3-8-1-2-9(7-8)4-6-11(15,16)17/h8-9H,1-7H2. The first-order chi connectivity index (χ1) is 7.66. The van der Waals surface area contributed by atoms with Crippen molar-refractivity contribution in [3.8, 4) is 0 Å². The number of hydrogen-bond acceptors (Lipinski definition) is 0. The summed E-state index contributed by atoms with van der Waals surface area (Å²) in [4.78, 5) is 0. The van der Waals surface area contributed by atoms with Crippen molar-refractivity contribution in [2.24, 2.45) is 11.8 Å². The van der Waals surface area contributed by atoms with Crippen LogP contribution in [0, 0.1) is 11.8 Å². The van der Waals surface area contributed by atoms with Gasteiger partial charge in [-0.2, -0.15) is 26.3 Å². The molecule has 6 heteroatoms. The van der Waals surface area contributed by atoms with Crippen molar-refractivity contribution in [3.63, 3.8) is 0 Å². The SMILES string of the molecule is FC(F)(F)CCC1CCC(CCC(F)(F)F)C1. The van der Waals surface area contributed by atoms with Crippen LogP contribution in [-0.2, 0) is 0 Å². The molecule has 1 aliphatic carbocycles. The molecule has 1 aliphatic rings. The Morgan fingerprint density at radius 3 is 1.35 bits per heavy atom. The quantitative estimate of drug-likeness (QED) is 0.619. The molecule has 0 aromatic heterocycles. The van der Waals surface area contributed by atoms with Gasteiger partial charge in [0.15, 0.2) is 0 Å². The summed E-state index contributed by atoms with van der Waals surface area (Å²) >= 11 is 0. The van der Waals surface area contributed by atoms with E-state index >= 15 is 0 Å². The molecular weight excluding hydrogens is 246 g/mol. The molecule has 0 radical (unpaired) electrons. The molecule has 0 heterocycles. The molecule has 0 saturated heterocycles. The number of halogens is 6. The summed E-state index contributed by atoms with van der Waals surface area (Å²) in [5.74, 6) is -0.0929. The van der Waals surface area contributed by atoms with Crippen LogP contribution in [0.5, 0.6) is 0 Å². The minimum atomic E-state index is -4.15. The lowest BCUT2D eigenvalue weighted by molar-refractivity contribution is -0.137. The Bertz CT molecular complexity index is 205. The molecule has 0 bridgehead atoms. The third-order valence-corrected chi connectivity index (χ3v) is 3.32. The Hall–Kier alpha value is -0.420. The maximum Gasteiger partial charge on any atom is 0.389 e. The van der Waals surface area contributed by atoms with E-state index in [-0.39, 0.29) is 24.7 Å². The second-order valence-corrected chi connectivity index (χ2v) is 4.85. The average Bonchev–Trinajstić information content (AvgIpc) is 2.57. The van der Waals surface area contributed by atoms with Crippen LogP contribution in [-0.4, -0.2) is 12.4 Å². The second-order valence-electron chi connectivity index (χ2n) is 4.85. The molecule has 0 amide bonds. The van der Waals surface area contributed by atoms with Crippen molar-refractivity contribution in [1.82, 2.24) is 0 Å². The molecule has 2 unspecified atom stereocenters. The summed E-state index contributed by atoms with van der Waals surface area (Å²) < 4.78 is 71.8.